The zero-order valence-corrected chi connectivity index (χ0v) is 13.5. The molecule has 3 rings (SSSR count). The molecule has 4 N–H and O–H groups in total. The summed E-state index contributed by atoms with van der Waals surface area (Å²) in [6, 6.07) is 0. The van der Waals surface area contributed by atoms with E-state index in [0.717, 1.165) is 6.42 Å². The summed E-state index contributed by atoms with van der Waals surface area (Å²) in [6.07, 6.45) is 1.36. The molecule has 1 aliphatic rings. The van der Waals surface area contributed by atoms with E-state index in [1.807, 2.05) is 0 Å². The topological polar surface area (TPSA) is 150 Å². The molecule has 3 heterocycles. The Morgan fingerprint density at radius 3 is 2.67 bits per heavy atom. The van der Waals surface area contributed by atoms with E-state index >= 15 is 0 Å². The number of amides is 1. The van der Waals surface area contributed by atoms with Gasteiger partial charge in [0, 0.05) is 18.3 Å². The van der Waals surface area contributed by atoms with E-state index in [4.69, 9.17) is 16.2 Å². The first-order valence-corrected chi connectivity index (χ1v) is 8.05. The Balaban J connectivity index is 1.55. The molecular formula is C13H15N7O3S. The molecule has 2 aromatic rings. The highest BCUT2D eigenvalue weighted by atomic mass is 32.1. The van der Waals surface area contributed by atoms with E-state index in [9.17, 15) is 9.59 Å². The van der Waals surface area contributed by atoms with Crippen LogP contribution in [0.4, 0.5) is 17.0 Å². The van der Waals surface area contributed by atoms with Gasteiger partial charge in [0.25, 0.3) is 0 Å². The third kappa shape index (κ3) is 3.74. The van der Waals surface area contributed by atoms with Crippen molar-refractivity contribution in [3.8, 4) is 0 Å². The lowest BCUT2D eigenvalue weighted by atomic mass is 10.3. The average molecular weight is 349 g/mol. The van der Waals surface area contributed by atoms with Crippen LogP contribution < -0.4 is 16.4 Å². The van der Waals surface area contributed by atoms with Crippen LogP contribution in [0.15, 0.2) is 5.38 Å². The zero-order valence-electron chi connectivity index (χ0n) is 12.6. The van der Waals surface area contributed by atoms with Gasteiger partial charge in [0.2, 0.25) is 17.8 Å². The Morgan fingerprint density at radius 2 is 2.00 bits per heavy atom. The van der Waals surface area contributed by atoms with E-state index in [1.165, 1.54) is 11.3 Å². The number of carbonyl (C=O) groups excluding carboxylic acids is 2. The van der Waals surface area contributed by atoms with Crippen LogP contribution >= 0.6 is 11.3 Å². The molecule has 0 atom stereocenters. The third-order valence-electron chi connectivity index (χ3n) is 3.25. The lowest BCUT2D eigenvalue weighted by molar-refractivity contribution is -0.144. The number of ether oxygens (including phenoxy) is 1. The molecule has 1 amide bonds. The minimum Gasteiger partial charge on any atom is -0.457 e. The van der Waals surface area contributed by atoms with Gasteiger partial charge in [-0.25, -0.2) is 4.98 Å². The molecule has 0 unspecified atom stereocenters. The quantitative estimate of drug-likeness (QED) is 0.705. The number of carbonyl (C=O) groups is 2. The van der Waals surface area contributed by atoms with Gasteiger partial charge in [-0.15, -0.1) is 11.3 Å². The molecule has 0 aliphatic carbocycles. The molecule has 1 fully saturated rings. The van der Waals surface area contributed by atoms with Crippen molar-refractivity contribution in [2.24, 2.45) is 0 Å². The van der Waals surface area contributed by atoms with Gasteiger partial charge in [-0.1, -0.05) is 0 Å². The van der Waals surface area contributed by atoms with E-state index in [1.54, 1.807) is 10.3 Å². The normalized spacial score (nSPS) is 14.2. The molecule has 0 spiro atoms. The first-order chi connectivity index (χ1) is 11.5. The first-order valence-electron chi connectivity index (χ1n) is 7.17. The highest BCUT2D eigenvalue weighted by Gasteiger charge is 2.24. The highest BCUT2D eigenvalue weighted by molar-refractivity contribution is 7.14. The summed E-state index contributed by atoms with van der Waals surface area (Å²) in [5.74, 6) is -0.323. The van der Waals surface area contributed by atoms with Crippen LogP contribution in [0.2, 0.25) is 0 Å². The maximum Gasteiger partial charge on any atom is 0.312 e. The van der Waals surface area contributed by atoms with Gasteiger partial charge in [-0.2, -0.15) is 15.0 Å². The van der Waals surface area contributed by atoms with Gasteiger partial charge in [0.15, 0.2) is 17.6 Å². The first kappa shape index (κ1) is 16.1. The van der Waals surface area contributed by atoms with Gasteiger partial charge in [-0.05, 0) is 6.42 Å². The second-order valence-electron chi connectivity index (χ2n) is 5.08. The van der Waals surface area contributed by atoms with Crippen molar-refractivity contribution in [1.82, 2.24) is 19.9 Å². The Hall–Kier alpha value is -2.82. The van der Waals surface area contributed by atoms with Crippen LogP contribution in [0, 0.1) is 0 Å². The van der Waals surface area contributed by atoms with E-state index in [-0.39, 0.29) is 36.7 Å². The fraction of sp³-hybridized carbons (Fsp3) is 0.385. The Bertz CT molecular complexity index is 758. The second-order valence-corrected chi connectivity index (χ2v) is 5.91. The smallest absolute Gasteiger partial charge is 0.312 e. The number of nitrogens with zero attached hydrogens (tertiary/aromatic N) is 5. The minimum atomic E-state index is -0.489. The zero-order chi connectivity index (χ0) is 17.1. The Labute approximate surface area is 140 Å². The van der Waals surface area contributed by atoms with E-state index < -0.39 is 5.97 Å². The maximum atomic E-state index is 11.9. The summed E-state index contributed by atoms with van der Waals surface area (Å²) in [4.78, 5) is 40.8. The molecule has 0 saturated carbocycles. The van der Waals surface area contributed by atoms with E-state index in [2.05, 4.69) is 19.9 Å². The monoisotopic (exact) mass is 349 g/mol. The van der Waals surface area contributed by atoms with Crippen LogP contribution in [0.3, 0.4) is 0 Å². The third-order valence-corrected chi connectivity index (χ3v) is 4.16. The van der Waals surface area contributed by atoms with Crippen LogP contribution in [0.25, 0.3) is 0 Å². The van der Waals surface area contributed by atoms with Gasteiger partial charge < -0.3 is 16.2 Å². The predicted molar refractivity (Wildman–Crippen MR) is 85.9 cm³/mol. The number of esters is 1. The lowest BCUT2D eigenvalue weighted by Crippen LogP contribution is -2.23. The average Bonchev–Trinajstić information content (AvgIpc) is 3.13. The van der Waals surface area contributed by atoms with Gasteiger partial charge in [0.1, 0.15) is 0 Å². The summed E-state index contributed by atoms with van der Waals surface area (Å²) >= 11 is 1.33. The van der Waals surface area contributed by atoms with Gasteiger partial charge >= 0.3 is 5.97 Å². The number of rotatable bonds is 5. The minimum absolute atomic E-state index is 0.00538. The molecule has 2 aromatic heterocycles. The Morgan fingerprint density at radius 1 is 1.25 bits per heavy atom. The fourth-order valence-corrected chi connectivity index (χ4v) is 3.08. The standard InChI is InChI=1S/C13H15N7O3S/c14-11-17-8(18-12(15)19-11)5-23-10(22)4-7-6-24-13(16-7)20-3-1-2-9(20)21/h6H,1-5H2,(H4,14,15,17,18,19). The second kappa shape index (κ2) is 6.74. The number of hydrogen-bond donors (Lipinski definition) is 2. The van der Waals surface area contributed by atoms with Crippen molar-refractivity contribution in [2.45, 2.75) is 25.9 Å². The number of anilines is 3. The fourth-order valence-electron chi connectivity index (χ4n) is 2.22. The number of nitrogen functional groups attached to an aromatic ring is 2. The number of aromatic nitrogens is 4. The van der Waals surface area contributed by atoms with Crippen molar-refractivity contribution in [3.63, 3.8) is 0 Å². The Kier molecular flexibility index (Phi) is 4.51. The summed E-state index contributed by atoms with van der Waals surface area (Å²) < 4.78 is 5.08. The lowest BCUT2D eigenvalue weighted by Gasteiger charge is -2.10. The number of thiazole rings is 1. The number of nitrogens with two attached hydrogens (primary N) is 2. The summed E-state index contributed by atoms with van der Waals surface area (Å²) in [6.45, 7) is 0.510. The van der Waals surface area contributed by atoms with Gasteiger partial charge in [-0.3, -0.25) is 14.5 Å². The molecule has 0 bridgehead atoms. The van der Waals surface area contributed by atoms with Crippen molar-refractivity contribution in [3.05, 3.63) is 16.9 Å². The maximum absolute atomic E-state index is 11.9. The molecule has 10 nitrogen and oxygen atoms in total. The molecule has 1 aliphatic heterocycles. The molecule has 11 heteroatoms. The van der Waals surface area contributed by atoms with Gasteiger partial charge in [0.05, 0.1) is 12.1 Å². The van der Waals surface area contributed by atoms with Crippen molar-refractivity contribution < 1.29 is 14.3 Å². The van der Waals surface area contributed by atoms with Crippen molar-refractivity contribution >= 4 is 40.2 Å². The summed E-state index contributed by atoms with van der Waals surface area (Å²) in [5, 5.41) is 2.35. The van der Waals surface area contributed by atoms with Crippen LogP contribution in [0.1, 0.15) is 24.4 Å². The molecule has 0 aromatic carbocycles. The molecule has 126 valence electrons. The van der Waals surface area contributed by atoms with E-state index in [0.29, 0.717) is 23.8 Å². The highest BCUT2D eigenvalue weighted by Crippen LogP contribution is 2.25. The predicted octanol–water partition coefficient (Wildman–Crippen LogP) is -0.0948. The van der Waals surface area contributed by atoms with Crippen LogP contribution in [-0.2, 0) is 27.4 Å². The summed E-state index contributed by atoms with van der Waals surface area (Å²) in [5.41, 5.74) is 11.4. The summed E-state index contributed by atoms with van der Waals surface area (Å²) in [7, 11) is 0. The number of hydrogen-bond acceptors (Lipinski definition) is 10. The molecule has 1 saturated heterocycles. The SMILES string of the molecule is Nc1nc(N)nc(COC(=O)Cc2csc(N3CCCC3=O)n2)n1. The molecule has 0 radical (unpaired) electrons. The molecular weight excluding hydrogens is 334 g/mol. The van der Waals surface area contributed by atoms with Crippen LogP contribution in [0.5, 0.6) is 0 Å². The van der Waals surface area contributed by atoms with Crippen molar-refractivity contribution in [2.75, 3.05) is 22.9 Å². The van der Waals surface area contributed by atoms with Crippen molar-refractivity contribution in [1.29, 1.82) is 0 Å². The molecule has 24 heavy (non-hydrogen) atoms. The largest absolute Gasteiger partial charge is 0.457 e. The van der Waals surface area contributed by atoms with Crippen LogP contribution in [-0.4, -0.2) is 38.4 Å².